The second-order valence-corrected chi connectivity index (χ2v) is 6.19. The smallest absolute Gasteiger partial charge is 0.157 e. The van der Waals surface area contributed by atoms with E-state index in [1.807, 2.05) is 19.1 Å². The molecule has 6 heteroatoms. The molecule has 2 heterocycles. The van der Waals surface area contributed by atoms with Crippen molar-refractivity contribution in [3.63, 3.8) is 0 Å². The van der Waals surface area contributed by atoms with E-state index in [2.05, 4.69) is 29.2 Å². The van der Waals surface area contributed by atoms with Crippen LogP contribution in [0.5, 0.6) is 0 Å². The topological polar surface area (TPSA) is 62.5 Å². The van der Waals surface area contributed by atoms with Crippen LogP contribution in [0.4, 0.5) is 10.2 Å². The number of anilines is 1. The van der Waals surface area contributed by atoms with Crippen LogP contribution < -0.4 is 5.32 Å². The number of hydrogen-bond donors (Lipinski definition) is 2. The molecule has 0 unspecified atom stereocenters. The molecule has 0 aliphatic heterocycles. The Morgan fingerprint density at radius 1 is 1.25 bits per heavy atom. The number of aliphatic hydroxyl groups excluding tert-OH is 1. The summed E-state index contributed by atoms with van der Waals surface area (Å²) < 4.78 is 15.5. The maximum atomic E-state index is 13.8. The Bertz CT molecular complexity index is 859. The van der Waals surface area contributed by atoms with Crippen LogP contribution in [0.15, 0.2) is 36.4 Å². The number of hydrogen-bond acceptors (Lipinski definition) is 4. The maximum Gasteiger partial charge on any atom is 0.157 e. The van der Waals surface area contributed by atoms with Crippen molar-refractivity contribution in [3.8, 4) is 0 Å². The van der Waals surface area contributed by atoms with Gasteiger partial charge >= 0.3 is 0 Å². The molecule has 24 heavy (non-hydrogen) atoms. The van der Waals surface area contributed by atoms with Crippen LogP contribution in [-0.2, 0) is 0 Å². The maximum absolute atomic E-state index is 13.8. The standard InChI is InChI=1S/C18H21FN4O/c1-11(2)15-9-17(23-18(21-15)8-12(3)22-23)20-10-16(24)13-6-4-5-7-14(13)19/h4-9,11,16,20,24H,10H2,1-3H3/t16-/m1/s1. The lowest BCUT2D eigenvalue weighted by Gasteiger charge is -2.16. The fourth-order valence-corrected chi connectivity index (χ4v) is 2.59. The zero-order chi connectivity index (χ0) is 17.3. The normalized spacial score (nSPS) is 12.8. The van der Waals surface area contributed by atoms with Crippen LogP contribution in [-0.4, -0.2) is 26.2 Å². The molecule has 0 radical (unpaired) electrons. The van der Waals surface area contributed by atoms with Crippen molar-refractivity contribution in [1.82, 2.24) is 14.6 Å². The van der Waals surface area contributed by atoms with E-state index in [4.69, 9.17) is 0 Å². The molecule has 0 saturated carbocycles. The first-order chi connectivity index (χ1) is 11.5. The molecule has 0 bridgehead atoms. The molecule has 0 aliphatic rings. The zero-order valence-electron chi connectivity index (χ0n) is 14.0. The fourth-order valence-electron chi connectivity index (χ4n) is 2.59. The van der Waals surface area contributed by atoms with Gasteiger partial charge in [0, 0.05) is 29.9 Å². The minimum atomic E-state index is -0.950. The van der Waals surface area contributed by atoms with E-state index in [9.17, 15) is 9.50 Å². The van der Waals surface area contributed by atoms with E-state index in [0.717, 1.165) is 22.9 Å². The van der Waals surface area contributed by atoms with Gasteiger partial charge in [0.05, 0.1) is 11.8 Å². The molecule has 1 aromatic carbocycles. The number of fused-ring (bicyclic) bond motifs is 1. The number of benzene rings is 1. The second-order valence-electron chi connectivity index (χ2n) is 6.19. The predicted molar refractivity (Wildman–Crippen MR) is 91.7 cm³/mol. The van der Waals surface area contributed by atoms with E-state index in [-0.39, 0.29) is 18.0 Å². The number of nitrogens with zero attached hydrogens (tertiary/aromatic N) is 3. The monoisotopic (exact) mass is 328 g/mol. The van der Waals surface area contributed by atoms with Crippen molar-refractivity contribution >= 4 is 11.5 Å². The molecular weight excluding hydrogens is 307 g/mol. The number of halogens is 1. The van der Waals surface area contributed by atoms with Gasteiger partial charge < -0.3 is 10.4 Å². The van der Waals surface area contributed by atoms with Crippen LogP contribution in [0.2, 0.25) is 0 Å². The second kappa shape index (κ2) is 6.57. The first kappa shape index (κ1) is 16.4. The molecule has 0 spiro atoms. The highest BCUT2D eigenvalue weighted by atomic mass is 19.1. The molecule has 2 N–H and O–H groups in total. The van der Waals surface area contributed by atoms with E-state index in [1.54, 1.807) is 22.7 Å². The number of aromatic nitrogens is 3. The summed E-state index contributed by atoms with van der Waals surface area (Å²) in [6, 6.07) is 10.1. The van der Waals surface area contributed by atoms with Gasteiger partial charge in [0.1, 0.15) is 11.6 Å². The first-order valence-corrected chi connectivity index (χ1v) is 7.99. The summed E-state index contributed by atoms with van der Waals surface area (Å²) in [5.41, 5.74) is 2.82. The summed E-state index contributed by atoms with van der Waals surface area (Å²) in [6.07, 6.45) is -0.950. The molecule has 3 aromatic rings. The van der Waals surface area contributed by atoms with E-state index >= 15 is 0 Å². The minimum absolute atomic E-state index is 0.177. The van der Waals surface area contributed by atoms with Crippen molar-refractivity contribution < 1.29 is 9.50 Å². The lowest BCUT2D eigenvalue weighted by atomic mass is 10.1. The van der Waals surface area contributed by atoms with E-state index in [0.29, 0.717) is 0 Å². The molecular formula is C18H21FN4O. The Hall–Kier alpha value is -2.47. The predicted octanol–water partition coefficient (Wildman–Crippen LogP) is 3.45. The highest BCUT2D eigenvalue weighted by Crippen LogP contribution is 2.21. The van der Waals surface area contributed by atoms with Gasteiger partial charge in [0.25, 0.3) is 0 Å². The number of aryl methyl sites for hydroxylation is 1. The lowest BCUT2D eigenvalue weighted by molar-refractivity contribution is 0.186. The largest absolute Gasteiger partial charge is 0.386 e. The summed E-state index contributed by atoms with van der Waals surface area (Å²) in [5, 5.41) is 17.9. The van der Waals surface area contributed by atoms with Gasteiger partial charge in [-0.2, -0.15) is 9.61 Å². The number of aliphatic hydroxyl groups is 1. The molecule has 126 valence electrons. The third-order valence-electron chi connectivity index (χ3n) is 3.90. The highest BCUT2D eigenvalue weighted by molar-refractivity contribution is 5.51. The molecule has 0 aliphatic carbocycles. The van der Waals surface area contributed by atoms with E-state index in [1.165, 1.54) is 6.07 Å². The van der Waals surface area contributed by atoms with Gasteiger partial charge in [-0.05, 0) is 18.9 Å². The summed E-state index contributed by atoms with van der Waals surface area (Å²) >= 11 is 0. The van der Waals surface area contributed by atoms with Gasteiger partial charge in [-0.15, -0.1) is 0 Å². The highest BCUT2D eigenvalue weighted by Gasteiger charge is 2.14. The third-order valence-corrected chi connectivity index (χ3v) is 3.90. The van der Waals surface area contributed by atoms with Gasteiger partial charge in [0.2, 0.25) is 0 Å². The van der Waals surface area contributed by atoms with Crippen LogP contribution in [0.1, 0.15) is 42.8 Å². The van der Waals surface area contributed by atoms with Crippen LogP contribution in [0.3, 0.4) is 0 Å². The van der Waals surface area contributed by atoms with Gasteiger partial charge in [-0.1, -0.05) is 32.0 Å². The molecule has 2 aromatic heterocycles. The van der Waals surface area contributed by atoms with Crippen molar-refractivity contribution in [2.24, 2.45) is 0 Å². The van der Waals surface area contributed by atoms with Crippen molar-refractivity contribution in [3.05, 3.63) is 59.2 Å². The van der Waals surface area contributed by atoms with Crippen molar-refractivity contribution in [1.29, 1.82) is 0 Å². The summed E-state index contributed by atoms with van der Waals surface area (Å²) in [6.45, 7) is 6.22. The van der Waals surface area contributed by atoms with Gasteiger partial charge in [-0.3, -0.25) is 0 Å². The summed E-state index contributed by atoms with van der Waals surface area (Å²) in [7, 11) is 0. The molecule has 3 rings (SSSR count). The molecule has 0 fully saturated rings. The van der Waals surface area contributed by atoms with Crippen LogP contribution in [0.25, 0.3) is 5.65 Å². The van der Waals surface area contributed by atoms with Crippen LogP contribution >= 0.6 is 0 Å². The van der Waals surface area contributed by atoms with Gasteiger partial charge in [-0.25, -0.2) is 9.37 Å². The average Bonchev–Trinajstić information content (AvgIpc) is 2.92. The Morgan fingerprint density at radius 3 is 2.71 bits per heavy atom. The first-order valence-electron chi connectivity index (χ1n) is 7.99. The third kappa shape index (κ3) is 3.23. The number of rotatable bonds is 5. The fraction of sp³-hybridized carbons (Fsp3) is 0.333. The van der Waals surface area contributed by atoms with Crippen molar-refractivity contribution in [2.75, 3.05) is 11.9 Å². The summed E-state index contributed by atoms with van der Waals surface area (Å²) in [4.78, 5) is 4.59. The number of nitrogens with one attached hydrogen (secondary N) is 1. The van der Waals surface area contributed by atoms with Gasteiger partial charge in [0.15, 0.2) is 5.65 Å². The quantitative estimate of drug-likeness (QED) is 0.753. The minimum Gasteiger partial charge on any atom is -0.386 e. The lowest BCUT2D eigenvalue weighted by Crippen LogP contribution is -2.16. The molecule has 5 nitrogen and oxygen atoms in total. The zero-order valence-corrected chi connectivity index (χ0v) is 14.0. The summed E-state index contributed by atoms with van der Waals surface area (Å²) in [5.74, 6) is 0.582. The SMILES string of the molecule is Cc1cc2nc(C(C)C)cc(NC[C@@H](O)c3ccccc3F)n2n1. The van der Waals surface area contributed by atoms with E-state index < -0.39 is 11.9 Å². The Labute approximate surface area is 140 Å². The Morgan fingerprint density at radius 2 is 2.00 bits per heavy atom. The Kier molecular flexibility index (Phi) is 4.49. The molecule has 1 atom stereocenters. The van der Waals surface area contributed by atoms with Crippen LogP contribution in [0, 0.1) is 12.7 Å². The molecule has 0 amide bonds. The average molecular weight is 328 g/mol. The molecule has 0 saturated heterocycles. The Balaban J connectivity index is 1.88. The van der Waals surface area contributed by atoms with Crippen molar-refractivity contribution in [2.45, 2.75) is 32.8 Å².